The number of carboxylic acids is 1. The van der Waals surface area contributed by atoms with Crippen LogP contribution >= 0.6 is 0 Å². The first-order chi connectivity index (χ1) is 20.4. The molecule has 1 saturated heterocycles. The standard InChI is InChI=1S/C31H32N6O5/c1-42-35-29(39)25-18-37(23-12-9-20-4-2-5-21(20)16-23)28-24(27(25)38)17-32-31(34-28)33-22-10-7-19(8-11-22)13-15-36-14-3-6-26(36)30(40)41/h7-12,16-18,26H,2-6,13-15H2,1H3,(H,35,39)(H,40,41)(H,32,33,34)/t26-/m1/s1. The second-order valence-electron chi connectivity index (χ2n) is 10.7. The van der Waals surface area contributed by atoms with Crippen LogP contribution in [-0.4, -0.2) is 62.7 Å². The van der Waals surface area contributed by atoms with Crippen molar-refractivity contribution in [2.45, 2.75) is 44.6 Å². The van der Waals surface area contributed by atoms with Crippen LogP contribution in [0.25, 0.3) is 16.7 Å². The topological polar surface area (TPSA) is 139 Å². The molecule has 42 heavy (non-hydrogen) atoms. The van der Waals surface area contributed by atoms with E-state index in [2.05, 4.69) is 27.9 Å². The number of pyridine rings is 1. The van der Waals surface area contributed by atoms with Gasteiger partial charge in [0, 0.05) is 30.3 Å². The van der Waals surface area contributed by atoms with Gasteiger partial charge in [-0.3, -0.25) is 24.1 Å². The van der Waals surface area contributed by atoms with Crippen molar-refractivity contribution < 1.29 is 19.5 Å². The van der Waals surface area contributed by atoms with Crippen molar-refractivity contribution in [1.82, 2.24) is 24.9 Å². The summed E-state index contributed by atoms with van der Waals surface area (Å²) in [7, 11) is 1.31. The lowest BCUT2D eigenvalue weighted by atomic mass is 10.1. The molecular weight excluding hydrogens is 536 g/mol. The van der Waals surface area contributed by atoms with Gasteiger partial charge in [-0.05, 0) is 86.0 Å². The minimum atomic E-state index is -0.751. The number of benzene rings is 2. The first-order valence-electron chi connectivity index (χ1n) is 14.1. The van der Waals surface area contributed by atoms with Gasteiger partial charge >= 0.3 is 5.97 Å². The summed E-state index contributed by atoms with van der Waals surface area (Å²) in [6, 6.07) is 13.6. The van der Waals surface area contributed by atoms with Crippen LogP contribution < -0.4 is 16.2 Å². The van der Waals surface area contributed by atoms with Gasteiger partial charge in [0.1, 0.15) is 11.6 Å². The van der Waals surface area contributed by atoms with Crippen molar-refractivity contribution in [1.29, 1.82) is 0 Å². The highest BCUT2D eigenvalue weighted by atomic mass is 16.6. The van der Waals surface area contributed by atoms with E-state index in [1.807, 2.05) is 35.2 Å². The lowest BCUT2D eigenvalue weighted by Crippen LogP contribution is -2.37. The molecule has 0 unspecified atom stereocenters. The van der Waals surface area contributed by atoms with Crippen LogP contribution in [0.2, 0.25) is 0 Å². The number of aryl methyl sites for hydroxylation is 2. The fourth-order valence-corrected chi connectivity index (χ4v) is 5.92. The van der Waals surface area contributed by atoms with Crippen molar-refractivity contribution in [2.24, 2.45) is 0 Å². The summed E-state index contributed by atoms with van der Waals surface area (Å²) in [6.07, 6.45) is 8.41. The minimum absolute atomic E-state index is 0.0756. The Bertz CT molecular complexity index is 1720. The van der Waals surface area contributed by atoms with Crippen LogP contribution in [0, 0.1) is 0 Å². The number of aromatic nitrogens is 3. The summed E-state index contributed by atoms with van der Waals surface area (Å²) in [5, 5.41) is 12.8. The van der Waals surface area contributed by atoms with Crippen molar-refractivity contribution in [2.75, 3.05) is 25.5 Å². The molecular formula is C31H32N6O5. The maximum absolute atomic E-state index is 13.3. The largest absolute Gasteiger partial charge is 0.480 e. The Morgan fingerprint density at radius 3 is 2.69 bits per heavy atom. The Morgan fingerprint density at radius 2 is 1.90 bits per heavy atom. The zero-order valence-electron chi connectivity index (χ0n) is 23.3. The van der Waals surface area contributed by atoms with Crippen molar-refractivity contribution >= 4 is 34.5 Å². The van der Waals surface area contributed by atoms with Gasteiger partial charge in [-0.1, -0.05) is 18.2 Å². The molecule has 6 rings (SSSR count). The molecule has 1 amide bonds. The number of hydroxylamine groups is 1. The third-order valence-corrected chi connectivity index (χ3v) is 8.09. The van der Waals surface area contributed by atoms with Gasteiger partial charge in [0.2, 0.25) is 11.4 Å². The minimum Gasteiger partial charge on any atom is -0.480 e. The molecule has 3 heterocycles. The van der Waals surface area contributed by atoms with Crippen LogP contribution in [0.5, 0.6) is 0 Å². The van der Waals surface area contributed by atoms with Gasteiger partial charge < -0.3 is 15.0 Å². The molecule has 2 aromatic heterocycles. The van der Waals surface area contributed by atoms with Gasteiger partial charge in [-0.25, -0.2) is 10.5 Å². The lowest BCUT2D eigenvalue weighted by molar-refractivity contribution is -0.142. The molecule has 11 nitrogen and oxygen atoms in total. The number of hydrogen-bond acceptors (Lipinski definition) is 8. The molecule has 1 atom stereocenters. The SMILES string of the molecule is CONC(=O)c1cn(-c2ccc3c(c2)CCC3)c2nc(Nc3ccc(CCN4CCC[C@@H]4C(=O)O)cc3)ncc2c1=O. The number of aliphatic carboxylic acids is 1. The summed E-state index contributed by atoms with van der Waals surface area (Å²) in [5.41, 5.74) is 7.27. The molecule has 216 valence electrons. The molecule has 0 saturated carbocycles. The van der Waals surface area contributed by atoms with Crippen LogP contribution in [-0.2, 0) is 28.9 Å². The van der Waals surface area contributed by atoms with Crippen molar-refractivity contribution in [3.63, 3.8) is 0 Å². The summed E-state index contributed by atoms with van der Waals surface area (Å²) in [6.45, 7) is 1.51. The lowest BCUT2D eigenvalue weighted by Gasteiger charge is -2.20. The van der Waals surface area contributed by atoms with Crippen LogP contribution in [0.1, 0.15) is 46.3 Å². The van der Waals surface area contributed by atoms with E-state index in [4.69, 9.17) is 9.82 Å². The number of nitrogens with one attached hydrogen (secondary N) is 2. The number of nitrogens with zero attached hydrogens (tertiary/aromatic N) is 4. The fourth-order valence-electron chi connectivity index (χ4n) is 5.92. The molecule has 2 aromatic carbocycles. The average Bonchev–Trinajstić information content (AvgIpc) is 3.66. The van der Waals surface area contributed by atoms with E-state index in [-0.39, 0.29) is 10.9 Å². The van der Waals surface area contributed by atoms with Crippen molar-refractivity contribution in [3.8, 4) is 5.69 Å². The number of rotatable bonds is 9. The van der Waals surface area contributed by atoms with E-state index in [0.29, 0.717) is 24.6 Å². The second-order valence-corrected chi connectivity index (χ2v) is 10.7. The van der Waals surface area contributed by atoms with Gasteiger partial charge in [0.05, 0.1) is 12.5 Å². The number of likely N-dealkylation sites (tertiary alicyclic amines) is 1. The summed E-state index contributed by atoms with van der Waals surface area (Å²) in [5.74, 6) is -1.09. The zero-order chi connectivity index (χ0) is 29.2. The molecule has 3 N–H and O–H groups in total. The maximum atomic E-state index is 13.3. The molecule has 1 fully saturated rings. The molecule has 2 aliphatic rings. The van der Waals surface area contributed by atoms with Crippen molar-refractivity contribution in [3.05, 3.63) is 87.3 Å². The zero-order valence-corrected chi connectivity index (χ0v) is 23.3. The normalized spacial score (nSPS) is 16.5. The molecule has 11 heteroatoms. The smallest absolute Gasteiger partial charge is 0.320 e. The van der Waals surface area contributed by atoms with E-state index in [0.717, 1.165) is 55.6 Å². The predicted octanol–water partition coefficient (Wildman–Crippen LogP) is 3.40. The number of amides is 1. The fraction of sp³-hybridized carbons (Fsp3) is 0.323. The Morgan fingerprint density at radius 1 is 1.10 bits per heavy atom. The number of carboxylic acid groups (broad SMARTS) is 1. The molecule has 0 radical (unpaired) electrons. The molecule has 4 aromatic rings. The van der Waals surface area contributed by atoms with E-state index in [1.54, 1.807) is 4.57 Å². The number of carbonyl (C=O) groups excluding carboxylic acids is 1. The first-order valence-corrected chi connectivity index (χ1v) is 14.1. The molecule has 0 bridgehead atoms. The Kier molecular flexibility index (Phi) is 7.68. The monoisotopic (exact) mass is 568 g/mol. The van der Waals surface area contributed by atoms with E-state index in [9.17, 15) is 19.5 Å². The number of fused-ring (bicyclic) bond motifs is 2. The Hall–Kier alpha value is -4.61. The molecule has 1 aliphatic carbocycles. The Labute approximate surface area is 242 Å². The van der Waals surface area contributed by atoms with Crippen LogP contribution in [0.15, 0.2) is 59.7 Å². The third kappa shape index (κ3) is 5.48. The number of anilines is 2. The molecule has 0 spiro atoms. The maximum Gasteiger partial charge on any atom is 0.320 e. The van der Waals surface area contributed by atoms with Gasteiger partial charge in [-0.2, -0.15) is 4.98 Å². The highest BCUT2D eigenvalue weighted by molar-refractivity contribution is 5.96. The summed E-state index contributed by atoms with van der Waals surface area (Å²) >= 11 is 0. The second kappa shape index (κ2) is 11.7. The predicted molar refractivity (Wildman–Crippen MR) is 157 cm³/mol. The summed E-state index contributed by atoms with van der Waals surface area (Å²) in [4.78, 5) is 53.3. The average molecular weight is 569 g/mol. The number of carbonyl (C=O) groups is 2. The first kappa shape index (κ1) is 27.6. The van der Waals surface area contributed by atoms with Crippen LogP contribution in [0.4, 0.5) is 11.6 Å². The van der Waals surface area contributed by atoms with E-state index >= 15 is 0 Å². The van der Waals surface area contributed by atoms with Gasteiger partial charge in [0.25, 0.3) is 5.91 Å². The van der Waals surface area contributed by atoms with Gasteiger partial charge in [0.15, 0.2) is 5.65 Å². The third-order valence-electron chi connectivity index (χ3n) is 8.09. The highest BCUT2D eigenvalue weighted by Gasteiger charge is 2.29. The quantitative estimate of drug-likeness (QED) is 0.259. The van der Waals surface area contributed by atoms with E-state index < -0.39 is 23.3 Å². The molecule has 1 aliphatic heterocycles. The van der Waals surface area contributed by atoms with Gasteiger partial charge in [-0.15, -0.1) is 0 Å². The number of hydrogen-bond donors (Lipinski definition) is 3. The Balaban J connectivity index is 1.28. The highest BCUT2D eigenvalue weighted by Crippen LogP contribution is 2.26. The summed E-state index contributed by atoms with van der Waals surface area (Å²) < 4.78 is 1.75. The van der Waals surface area contributed by atoms with E-state index in [1.165, 1.54) is 30.6 Å². The van der Waals surface area contributed by atoms with Crippen LogP contribution in [0.3, 0.4) is 0 Å².